The quantitative estimate of drug-likeness (QED) is 0.485. The SMILES string of the molecule is Cc1cc(C(=O)c2cccc([N+](=O)[O-])c2)c(C)c(C)c1C. The van der Waals surface area contributed by atoms with Crippen LogP contribution in [0.4, 0.5) is 5.69 Å². The smallest absolute Gasteiger partial charge is 0.270 e. The molecular weight excluding hydrogens is 266 g/mol. The molecule has 4 nitrogen and oxygen atoms in total. The average Bonchev–Trinajstić information content (AvgIpc) is 2.48. The molecule has 0 aliphatic carbocycles. The summed E-state index contributed by atoms with van der Waals surface area (Å²) in [6.45, 7) is 7.89. The highest BCUT2D eigenvalue weighted by Gasteiger charge is 2.17. The summed E-state index contributed by atoms with van der Waals surface area (Å²) in [5.41, 5.74) is 5.11. The maximum Gasteiger partial charge on any atom is 0.270 e. The summed E-state index contributed by atoms with van der Waals surface area (Å²) in [4.78, 5) is 23.0. The van der Waals surface area contributed by atoms with Crippen molar-refractivity contribution >= 4 is 11.5 Å². The van der Waals surface area contributed by atoms with Crippen molar-refractivity contribution in [3.63, 3.8) is 0 Å². The van der Waals surface area contributed by atoms with Crippen molar-refractivity contribution in [1.29, 1.82) is 0 Å². The van der Waals surface area contributed by atoms with Gasteiger partial charge in [0.2, 0.25) is 0 Å². The van der Waals surface area contributed by atoms with Crippen LogP contribution in [0.2, 0.25) is 0 Å². The first kappa shape index (κ1) is 14.9. The lowest BCUT2D eigenvalue weighted by Crippen LogP contribution is -2.07. The number of carbonyl (C=O) groups is 1. The Labute approximate surface area is 123 Å². The van der Waals surface area contributed by atoms with Gasteiger partial charge in [0.25, 0.3) is 5.69 Å². The normalized spacial score (nSPS) is 10.5. The Morgan fingerprint density at radius 2 is 1.67 bits per heavy atom. The van der Waals surface area contributed by atoms with E-state index in [1.807, 2.05) is 33.8 Å². The third kappa shape index (κ3) is 2.70. The Balaban J connectivity index is 2.55. The molecule has 0 aromatic heterocycles. The number of aryl methyl sites for hydroxylation is 1. The molecule has 4 heteroatoms. The highest BCUT2D eigenvalue weighted by molar-refractivity contribution is 6.10. The van der Waals surface area contributed by atoms with E-state index in [4.69, 9.17) is 0 Å². The summed E-state index contributed by atoms with van der Waals surface area (Å²) < 4.78 is 0. The van der Waals surface area contributed by atoms with Crippen LogP contribution in [0.25, 0.3) is 0 Å². The van der Waals surface area contributed by atoms with Crippen LogP contribution in [0.3, 0.4) is 0 Å². The van der Waals surface area contributed by atoms with Crippen LogP contribution in [-0.2, 0) is 0 Å². The second kappa shape index (κ2) is 5.48. The van der Waals surface area contributed by atoms with E-state index in [2.05, 4.69) is 0 Å². The molecule has 0 radical (unpaired) electrons. The maximum absolute atomic E-state index is 12.6. The van der Waals surface area contributed by atoms with Gasteiger partial charge in [0.05, 0.1) is 4.92 Å². The van der Waals surface area contributed by atoms with Gasteiger partial charge in [-0.05, 0) is 56.0 Å². The summed E-state index contributed by atoms with van der Waals surface area (Å²) in [5, 5.41) is 10.8. The van der Waals surface area contributed by atoms with Gasteiger partial charge in [-0.1, -0.05) is 12.1 Å². The Hall–Kier alpha value is -2.49. The molecule has 21 heavy (non-hydrogen) atoms. The van der Waals surface area contributed by atoms with E-state index in [1.54, 1.807) is 6.07 Å². The number of hydrogen-bond donors (Lipinski definition) is 0. The molecular formula is C17H17NO3. The zero-order valence-corrected chi connectivity index (χ0v) is 12.6. The fraction of sp³-hybridized carbons (Fsp3) is 0.235. The topological polar surface area (TPSA) is 60.2 Å². The molecule has 0 N–H and O–H groups in total. The number of benzene rings is 2. The van der Waals surface area contributed by atoms with Gasteiger partial charge in [-0.25, -0.2) is 0 Å². The van der Waals surface area contributed by atoms with Gasteiger partial charge in [-0.2, -0.15) is 0 Å². The van der Waals surface area contributed by atoms with E-state index >= 15 is 0 Å². The minimum atomic E-state index is -0.491. The van der Waals surface area contributed by atoms with Crippen LogP contribution < -0.4 is 0 Å². The van der Waals surface area contributed by atoms with Gasteiger partial charge in [0.15, 0.2) is 5.78 Å². The largest absolute Gasteiger partial charge is 0.289 e. The van der Waals surface area contributed by atoms with Crippen LogP contribution in [0.1, 0.15) is 38.2 Å². The van der Waals surface area contributed by atoms with Crippen molar-refractivity contribution in [1.82, 2.24) is 0 Å². The molecule has 0 heterocycles. The maximum atomic E-state index is 12.6. The number of ketones is 1. The lowest BCUT2D eigenvalue weighted by Gasteiger charge is -2.13. The second-order valence-electron chi connectivity index (χ2n) is 5.25. The molecule has 108 valence electrons. The molecule has 0 spiro atoms. The lowest BCUT2D eigenvalue weighted by atomic mass is 9.90. The van der Waals surface area contributed by atoms with Crippen LogP contribution in [-0.4, -0.2) is 10.7 Å². The molecule has 0 fully saturated rings. The summed E-state index contributed by atoms with van der Waals surface area (Å²) in [7, 11) is 0. The molecule has 0 bridgehead atoms. The zero-order chi connectivity index (χ0) is 15.7. The molecule has 0 atom stereocenters. The first-order chi connectivity index (χ1) is 9.82. The molecule has 0 aliphatic heterocycles. The second-order valence-corrected chi connectivity index (χ2v) is 5.25. The minimum Gasteiger partial charge on any atom is -0.289 e. The van der Waals surface area contributed by atoms with E-state index in [0.29, 0.717) is 11.1 Å². The van der Waals surface area contributed by atoms with Gasteiger partial charge < -0.3 is 0 Å². The third-order valence-electron chi connectivity index (χ3n) is 4.05. The van der Waals surface area contributed by atoms with Crippen molar-refractivity contribution < 1.29 is 9.72 Å². The molecule has 0 amide bonds. The Bertz CT molecular complexity index is 748. The fourth-order valence-corrected chi connectivity index (χ4v) is 2.36. The first-order valence-electron chi connectivity index (χ1n) is 6.69. The Kier molecular flexibility index (Phi) is 3.89. The van der Waals surface area contributed by atoms with Crippen molar-refractivity contribution in [2.45, 2.75) is 27.7 Å². The third-order valence-corrected chi connectivity index (χ3v) is 4.05. The van der Waals surface area contributed by atoms with E-state index in [-0.39, 0.29) is 11.5 Å². The summed E-state index contributed by atoms with van der Waals surface area (Å²) >= 11 is 0. The monoisotopic (exact) mass is 283 g/mol. The summed E-state index contributed by atoms with van der Waals surface area (Å²) in [5.74, 6) is -0.178. The minimum absolute atomic E-state index is 0.0703. The highest BCUT2D eigenvalue weighted by Crippen LogP contribution is 2.24. The van der Waals surface area contributed by atoms with E-state index in [0.717, 1.165) is 16.7 Å². The zero-order valence-electron chi connectivity index (χ0n) is 12.6. The highest BCUT2D eigenvalue weighted by atomic mass is 16.6. The molecule has 0 aliphatic rings. The number of carbonyl (C=O) groups excluding carboxylic acids is 1. The molecule has 0 unspecified atom stereocenters. The number of rotatable bonds is 3. The first-order valence-corrected chi connectivity index (χ1v) is 6.69. The van der Waals surface area contributed by atoms with Crippen LogP contribution in [0.5, 0.6) is 0 Å². The van der Waals surface area contributed by atoms with E-state index in [9.17, 15) is 14.9 Å². The number of nitro groups is 1. The summed E-state index contributed by atoms with van der Waals surface area (Å²) in [6.07, 6.45) is 0. The summed E-state index contributed by atoms with van der Waals surface area (Å²) in [6, 6.07) is 7.72. The molecule has 0 saturated carbocycles. The van der Waals surface area contributed by atoms with Crippen LogP contribution in [0, 0.1) is 37.8 Å². The predicted molar refractivity (Wildman–Crippen MR) is 81.9 cm³/mol. The fourth-order valence-electron chi connectivity index (χ4n) is 2.36. The average molecular weight is 283 g/mol. The van der Waals surface area contributed by atoms with Gasteiger partial charge in [-0.3, -0.25) is 14.9 Å². The van der Waals surface area contributed by atoms with Crippen molar-refractivity contribution in [2.75, 3.05) is 0 Å². The molecule has 2 aromatic carbocycles. The Morgan fingerprint density at radius 3 is 2.29 bits per heavy atom. The van der Waals surface area contributed by atoms with Gasteiger partial charge >= 0.3 is 0 Å². The number of non-ortho nitro benzene ring substituents is 1. The van der Waals surface area contributed by atoms with Crippen LogP contribution in [0.15, 0.2) is 30.3 Å². The van der Waals surface area contributed by atoms with Crippen molar-refractivity contribution in [3.8, 4) is 0 Å². The molecule has 2 rings (SSSR count). The van der Waals surface area contributed by atoms with Gasteiger partial charge in [-0.15, -0.1) is 0 Å². The van der Waals surface area contributed by atoms with Crippen molar-refractivity contribution in [2.24, 2.45) is 0 Å². The lowest BCUT2D eigenvalue weighted by molar-refractivity contribution is -0.384. The van der Waals surface area contributed by atoms with Gasteiger partial charge in [0, 0.05) is 23.3 Å². The predicted octanol–water partition coefficient (Wildman–Crippen LogP) is 4.06. The molecule has 0 saturated heterocycles. The standard InChI is InChI=1S/C17H17NO3/c1-10-8-16(13(4)12(3)11(10)2)17(19)14-6-5-7-15(9-14)18(20)21/h5-9H,1-4H3. The van der Waals surface area contributed by atoms with Gasteiger partial charge in [0.1, 0.15) is 0 Å². The number of nitro benzene ring substituents is 1. The van der Waals surface area contributed by atoms with Crippen molar-refractivity contribution in [3.05, 3.63) is 73.8 Å². The number of hydrogen-bond acceptors (Lipinski definition) is 3. The van der Waals surface area contributed by atoms with Crippen LogP contribution >= 0.6 is 0 Å². The van der Waals surface area contributed by atoms with E-state index < -0.39 is 4.92 Å². The Morgan fingerprint density at radius 1 is 1.00 bits per heavy atom. The van der Waals surface area contributed by atoms with E-state index in [1.165, 1.54) is 23.8 Å². The molecule has 2 aromatic rings. The number of nitrogens with zero attached hydrogens (tertiary/aromatic N) is 1.